The van der Waals surface area contributed by atoms with E-state index in [1.165, 1.54) is 17.0 Å². The molecule has 0 saturated heterocycles. The number of nitrogens with zero attached hydrogens (tertiary/aromatic N) is 2. The molecule has 2 N–H and O–H groups in total. The minimum absolute atomic E-state index is 0.0721. The summed E-state index contributed by atoms with van der Waals surface area (Å²) in [5, 5.41) is 5.70. The maximum atomic E-state index is 13.2. The van der Waals surface area contributed by atoms with E-state index in [0.29, 0.717) is 18.7 Å². The highest BCUT2D eigenvalue weighted by Gasteiger charge is 2.27. The molecule has 0 spiro atoms. The summed E-state index contributed by atoms with van der Waals surface area (Å²) in [6.07, 6.45) is 0.663. The largest absolute Gasteiger partial charge is 0.341 e. The molecular formula is C11H9FN4O2. The van der Waals surface area contributed by atoms with Crippen LogP contribution in [0.5, 0.6) is 0 Å². The molecule has 92 valence electrons. The fourth-order valence-corrected chi connectivity index (χ4v) is 2.06. The van der Waals surface area contributed by atoms with Gasteiger partial charge in [0.25, 0.3) is 5.91 Å². The van der Waals surface area contributed by atoms with Crippen molar-refractivity contribution in [2.24, 2.45) is 0 Å². The zero-order valence-electron chi connectivity index (χ0n) is 9.24. The lowest BCUT2D eigenvalue weighted by atomic mass is 10.2. The molecule has 7 heteroatoms. The van der Waals surface area contributed by atoms with Crippen LogP contribution in [0.15, 0.2) is 23.0 Å². The van der Waals surface area contributed by atoms with Crippen LogP contribution in [0.2, 0.25) is 0 Å². The Morgan fingerprint density at radius 1 is 1.44 bits per heavy atom. The summed E-state index contributed by atoms with van der Waals surface area (Å²) >= 11 is 0. The van der Waals surface area contributed by atoms with E-state index in [1.54, 1.807) is 6.07 Å². The van der Waals surface area contributed by atoms with Crippen molar-refractivity contribution in [2.45, 2.75) is 6.42 Å². The summed E-state index contributed by atoms with van der Waals surface area (Å²) in [5.74, 6) is -0.918. The van der Waals surface area contributed by atoms with Crippen molar-refractivity contribution in [1.29, 1.82) is 0 Å². The van der Waals surface area contributed by atoms with Gasteiger partial charge in [0.2, 0.25) is 5.82 Å². The lowest BCUT2D eigenvalue weighted by Crippen LogP contribution is -2.30. The molecule has 1 aromatic heterocycles. The summed E-state index contributed by atoms with van der Waals surface area (Å²) < 4.78 is 13.2. The Kier molecular flexibility index (Phi) is 2.26. The molecule has 1 aromatic carbocycles. The normalized spacial score (nSPS) is 13.7. The third kappa shape index (κ3) is 1.60. The second-order valence-electron chi connectivity index (χ2n) is 4.01. The quantitative estimate of drug-likeness (QED) is 0.768. The molecule has 3 rings (SSSR count). The maximum absolute atomic E-state index is 13.2. The van der Waals surface area contributed by atoms with E-state index in [9.17, 15) is 14.0 Å². The van der Waals surface area contributed by atoms with Gasteiger partial charge in [-0.15, -0.1) is 5.10 Å². The molecule has 0 radical (unpaired) electrons. The molecule has 2 aromatic rings. The molecule has 0 fully saturated rings. The van der Waals surface area contributed by atoms with Crippen LogP contribution >= 0.6 is 0 Å². The van der Waals surface area contributed by atoms with Crippen LogP contribution in [0.1, 0.15) is 16.2 Å². The number of carbonyl (C=O) groups excluding carboxylic acids is 1. The summed E-state index contributed by atoms with van der Waals surface area (Å²) in [7, 11) is 0. The van der Waals surface area contributed by atoms with Crippen LogP contribution in [0, 0.1) is 5.82 Å². The number of H-pyrrole nitrogens is 2. The molecule has 2 heterocycles. The average molecular weight is 248 g/mol. The van der Waals surface area contributed by atoms with E-state index in [-0.39, 0.29) is 5.82 Å². The van der Waals surface area contributed by atoms with Gasteiger partial charge in [0.05, 0.1) is 5.69 Å². The second kappa shape index (κ2) is 3.80. The number of rotatable bonds is 1. The van der Waals surface area contributed by atoms with Crippen LogP contribution < -0.4 is 10.6 Å². The molecular weight excluding hydrogens is 239 g/mol. The Hall–Kier alpha value is -2.44. The molecule has 1 aliphatic rings. The van der Waals surface area contributed by atoms with Crippen molar-refractivity contribution in [1.82, 2.24) is 15.2 Å². The fourth-order valence-electron chi connectivity index (χ4n) is 2.06. The number of hydrogen-bond donors (Lipinski definition) is 2. The van der Waals surface area contributed by atoms with Crippen LogP contribution in [-0.2, 0) is 6.42 Å². The van der Waals surface area contributed by atoms with Gasteiger partial charge in [-0.2, -0.15) is 0 Å². The van der Waals surface area contributed by atoms with Gasteiger partial charge in [0.1, 0.15) is 5.82 Å². The van der Waals surface area contributed by atoms with Crippen molar-refractivity contribution in [3.8, 4) is 0 Å². The van der Waals surface area contributed by atoms with E-state index < -0.39 is 17.4 Å². The van der Waals surface area contributed by atoms with Gasteiger partial charge in [0, 0.05) is 6.54 Å². The maximum Gasteiger partial charge on any atom is 0.341 e. The smallest absolute Gasteiger partial charge is 0.305 e. The van der Waals surface area contributed by atoms with Gasteiger partial charge in [-0.1, -0.05) is 6.07 Å². The third-order valence-corrected chi connectivity index (χ3v) is 2.89. The van der Waals surface area contributed by atoms with Crippen molar-refractivity contribution in [3.63, 3.8) is 0 Å². The molecule has 0 bridgehead atoms. The first kappa shape index (κ1) is 10.7. The molecule has 0 aliphatic carbocycles. The average Bonchev–Trinajstić information content (AvgIpc) is 2.94. The number of halogens is 1. The highest BCUT2D eigenvalue weighted by molar-refractivity contribution is 6.04. The predicted molar refractivity (Wildman–Crippen MR) is 61.0 cm³/mol. The molecule has 1 amide bonds. The molecule has 1 aliphatic heterocycles. The van der Waals surface area contributed by atoms with Crippen LogP contribution in [0.25, 0.3) is 0 Å². The molecule has 0 unspecified atom stereocenters. The summed E-state index contributed by atoms with van der Waals surface area (Å²) in [4.78, 5) is 26.7. The number of aromatic nitrogens is 3. The highest BCUT2D eigenvalue weighted by Crippen LogP contribution is 2.29. The zero-order valence-corrected chi connectivity index (χ0v) is 9.24. The number of aromatic amines is 2. The SMILES string of the molecule is O=C(c1n[nH]c(=O)[nH]1)N1CCc2ccc(F)cc21. The van der Waals surface area contributed by atoms with Crippen LogP contribution in [0.4, 0.5) is 10.1 Å². The van der Waals surface area contributed by atoms with E-state index in [4.69, 9.17) is 0 Å². The third-order valence-electron chi connectivity index (χ3n) is 2.89. The fraction of sp³-hybridized carbons (Fsp3) is 0.182. The van der Waals surface area contributed by atoms with Gasteiger partial charge >= 0.3 is 5.69 Å². The van der Waals surface area contributed by atoms with Gasteiger partial charge < -0.3 is 4.90 Å². The first-order chi connectivity index (χ1) is 8.65. The van der Waals surface area contributed by atoms with E-state index in [1.807, 2.05) is 0 Å². The molecule has 0 saturated carbocycles. The van der Waals surface area contributed by atoms with E-state index in [2.05, 4.69) is 15.2 Å². The Labute approximate surface area is 100 Å². The standard InChI is InChI=1S/C11H9FN4O2/c12-7-2-1-6-3-4-16(8(6)5-7)10(17)9-13-11(18)15-14-9/h1-2,5H,3-4H2,(H2,13,14,15,18). The van der Waals surface area contributed by atoms with E-state index >= 15 is 0 Å². The van der Waals surface area contributed by atoms with Gasteiger partial charge in [-0.05, 0) is 24.1 Å². The summed E-state index contributed by atoms with van der Waals surface area (Å²) in [6.45, 7) is 0.451. The number of hydrogen-bond acceptors (Lipinski definition) is 3. The minimum Gasteiger partial charge on any atom is -0.305 e. The van der Waals surface area contributed by atoms with Crippen LogP contribution in [-0.4, -0.2) is 27.6 Å². The lowest BCUT2D eigenvalue weighted by Gasteiger charge is -2.15. The Morgan fingerprint density at radius 3 is 3.00 bits per heavy atom. The first-order valence-electron chi connectivity index (χ1n) is 5.40. The van der Waals surface area contributed by atoms with Crippen molar-refractivity contribution < 1.29 is 9.18 Å². The first-order valence-corrected chi connectivity index (χ1v) is 5.40. The van der Waals surface area contributed by atoms with Crippen molar-refractivity contribution >= 4 is 11.6 Å². The summed E-state index contributed by atoms with van der Waals surface area (Å²) in [6, 6.07) is 4.33. The summed E-state index contributed by atoms with van der Waals surface area (Å²) in [5.41, 5.74) is 0.892. The zero-order chi connectivity index (χ0) is 12.7. The number of nitrogens with one attached hydrogen (secondary N) is 2. The van der Waals surface area contributed by atoms with E-state index in [0.717, 1.165) is 5.56 Å². The molecule has 0 atom stereocenters. The second-order valence-corrected chi connectivity index (χ2v) is 4.01. The number of amides is 1. The Morgan fingerprint density at radius 2 is 2.28 bits per heavy atom. The number of benzene rings is 1. The Balaban J connectivity index is 1.99. The topological polar surface area (TPSA) is 81.8 Å². The molecule has 6 nitrogen and oxygen atoms in total. The minimum atomic E-state index is -0.544. The number of carbonyl (C=O) groups is 1. The molecule has 18 heavy (non-hydrogen) atoms. The van der Waals surface area contributed by atoms with Gasteiger partial charge in [-0.3, -0.25) is 9.78 Å². The Bertz CT molecular complexity index is 676. The lowest BCUT2D eigenvalue weighted by molar-refractivity contribution is 0.0980. The number of fused-ring (bicyclic) bond motifs is 1. The van der Waals surface area contributed by atoms with Gasteiger partial charge in [-0.25, -0.2) is 14.3 Å². The van der Waals surface area contributed by atoms with Gasteiger partial charge in [0.15, 0.2) is 0 Å². The van der Waals surface area contributed by atoms with Crippen molar-refractivity contribution in [3.05, 3.63) is 45.9 Å². The number of anilines is 1. The monoisotopic (exact) mass is 248 g/mol. The van der Waals surface area contributed by atoms with Crippen molar-refractivity contribution in [2.75, 3.05) is 11.4 Å². The predicted octanol–water partition coefficient (Wildman–Crippen LogP) is 0.440. The highest BCUT2D eigenvalue weighted by atomic mass is 19.1. The van der Waals surface area contributed by atoms with Crippen LogP contribution in [0.3, 0.4) is 0 Å².